The van der Waals surface area contributed by atoms with E-state index in [4.69, 9.17) is 21.1 Å². The molecular weight excluding hydrogens is 332 g/mol. The summed E-state index contributed by atoms with van der Waals surface area (Å²) < 4.78 is 11.9. The molecule has 3 atom stereocenters. The lowest BCUT2D eigenvalue weighted by Gasteiger charge is -2.19. The van der Waals surface area contributed by atoms with Crippen molar-refractivity contribution in [1.82, 2.24) is 9.88 Å². The summed E-state index contributed by atoms with van der Waals surface area (Å²) >= 11 is 7.76. The minimum atomic E-state index is 0.348. The Hall–Kier alpha value is -1.14. The van der Waals surface area contributed by atoms with Crippen molar-refractivity contribution in [3.8, 4) is 5.75 Å². The lowest BCUT2D eigenvalue weighted by Crippen LogP contribution is -2.26. The van der Waals surface area contributed by atoms with E-state index in [-0.39, 0.29) is 0 Å². The number of rotatable bonds is 5. The van der Waals surface area contributed by atoms with Gasteiger partial charge in [-0.3, -0.25) is 9.88 Å². The first-order chi connectivity index (χ1) is 11.3. The summed E-state index contributed by atoms with van der Waals surface area (Å²) in [5.74, 6) is 1.73. The zero-order chi connectivity index (χ0) is 15.6. The SMILES string of the molecule is Clc1cncc(OC[C@H]2CO[C@@H]3CN(Cc4cccs4)C[C@@H]23)c1. The van der Waals surface area contributed by atoms with Crippen LogP contribution in [0.3, 0.4) is 0 Å². The van der Waals surface area contributed by atoms with E-state index in [0.717, 1.165) is 32.0 Å². The molecule has 122 valence electrons. The Labute approximate surface area is 145 Å². The molecule has 2 aromatic heterocycles. The Morgan fingerprint density at radius 3 is 3.17 bits per heavy atom. The van der Waals surface area contributed by atoms with Crippen molar-refractivity contribution in [2.45, 2.75) is 12.6 Å². The number of aromatic nitrogens is 1. The zero-order valence-corrected chi connectivity index (χ0v) is 14.3. The van der Waals surface area contributed by atoms with Crippen LogP contribution in [0, 0.1) is 11.8 Å². The minimum absolute atomic E-state index is 0.348. The Morgan fingerprint density at radius 1 is 1.39 bits per heavy atom. The van der Waals surface area contributed by atoms with Gasteiger partial charge in [-0.15, -0.1) is 11.3 Å². The highest BCUT2D eigenvalue weighted by atomic mass is 35.5. The summed E-state index contributed by atoms with van der Waals surface area (Å²) in [5, 5.41) is 2.74. The van der Waals surface area contributed by atoms with E-state index >= 15 is 0 Å². The van der Waals surface area contributed by atoms with Gasteiger partial charge in [0.05, 0.1) is 30.5 Å². The third-order valence-electron chi connectivity index (χ3n) is 4.62. The van der Waals surface area contributed by atoms with Gasteiger partial charge in [0.25, 0.3) is 0 Å². The van der Waals surface area contributed by atoms with E-state index in [1.165, 1.54) is 4.88 Å². The molecule has 2 saturated heterocycles. The zero-order valence-electron chi connectivity index (χ0n) is 12.7. The van der Waals surface area contributed by atoms with Gasteiger partial charge in [0.15, 0.2) is 0 Å². The molecule has 4 rings (SSSR count). The van der Waals surface area contributed by atoms with E-state index < -0.39 is 0 Å². The average molecular weight is 351 g/mol. The maximum atomic E-state index is 5.99. The summed E-state index contributed by atoms with van der Waals surface area (Å²) in [7, 11) is 0. The second-order valence-corrected chi connectivity index (χ2v) is 7.69. The third kappa shape index (κ3) is 3.53. The van der Waals surface area contributed by atoms with E-state index in [0.29, 0.717) is 29.6 Å². The number of thiophene rings is 1. The van der Waals surface area contributed by atoms with E-state index in [9.17, 15) is 0 Å². The molecule has 23 heavy (non-hydrogen) atoms. The fourth-order valence-electron chi connectivity index (χ4n) is 3.48. The number of fused-ring (bicyclic) bond motifs is 1. The van der Waals surface area contributed by atoms with Crippen LogP contribution in [0.2, 0.25) is 5.02 Å². The van der Waals surface area contributed by atoms with Gasteiger partial charge >= 0.3 is 0 Å². The van der Waals surface area contributed by atoms with Crippen molar-refractivity contribution in [3.05, 3.63) is 45.9 Å². The molecule has 0 amide bonds. The van der Waals surface area contributed by atoms with E-state index in [2.05, 4.69) is 27.4 Å². The molecule has 0 spiro atoms. The van der Waals surface area contributed by atoms with Crippen molar-refractivity contribution >= 4 is 22.9 Å². The van der Waals surface area contributed by atoms with Gasteiger partial charge < -0.3 is 9.47 Å². The van der Waals surface area contributed by atoms with Crippen LogP contribution >= 0.6 is 22.9 Å². The number of ether oxygens (including phenoxy) is 2. The Morgan fingerprint density at radius 2 is 2.35 bits per heavy atom. The van der Waals surface area contributed by atoms with E-state index in [1.54, 1.807) is 18.5 Å². The van der Waals surface area contributed by atoms with Crippen molar-refractivity contribution in [2.24, 2.45) is 11.8 Å². The summed E-state index contributed by atoms with van der Waals surface area (Å²) in [4.78, 5) is 7.97. The van der Waals surface area contributed by atoms with Gasteiger partial charge in [0.1, 0.15) is 5.75 Å². The van der Waals surface area contributed by atoms with Gasteiger partial charge in [0, 0.05) is 48.6 Å². The molecule has 0 bridgehead atoms. The first kappa shape index (κ1) is 15.4. The van der Waals surface area contributed by atoms with Crippen molar-refractivity contribution in [2.75, 3.05) is 26.3 Å². The highest BCUT2D eigenvalue weighted by Crippen LogP contribution is 2.35. The first-order valence-electron chi connectivity index (χ1n) is 7.87. The number of halogens is 1. The lowest BCUT2D eigenvalue weighted by atomic mass is 9.94. The minimum Gasteiger partial charge on any atom is -0.492 e. The second-order valence-electron chi connectivity index (χ2n) is 6.22. The Bertz CT molecular complexity index is 652. The molecule has 0 radical (unpaired) electrons. The molecule has 2 aliphatic heterocycles. The van der Waals surface area contributed by atoms with Crippen LogP contribution in [0.1, 0.15) is 4.88 Å². The smallest absolute Gasteiger partial charge is 0.139 e. The predicted molar refractivity (Wildman–Crippen MR) is 91.1 cm³/mol. The fraction of sp³-hybridized carbons (Fsp3) is 0.471. The second kappa shape index (κ2) is 6.77. The van der Waals surface area contributed by atoms with Crippen molar-refractivity contribution in [3.63, 3.8) is 0 Å². The quantitative estimate of drug-likeness (QED) is 0.828. The number of pyridine rings is 1. The predicted octanol–water partition coefficient (Wildman–Crippen LogP) is 3.32. The van der Waals surface area contributed by atoms with E-state index in [1.807, 2.05) is 11.3 Å². The van der Waals surface area contributed by atoms with Crippen LogP contribution < -0.4 is 4.74 Å². The maximum absolute atomic E-state index is 5.99. The molecule has 0 aliphatic carbocycles. The number of hydrogen-bond acceptors (Lipinski definition) is 5. The van der Waals surface area contributed by atoms with Gasteiger partial charge in [-0.25, -0.2) is 0 Å². The summed E-state index contributed by atoms with van der Waals surface area (Å²) in [6.07, 6.45) is 3.67. The Balaban J connectivity index is 1.33. The Kier molecular flexibility index (Phi) is 4.53. The molecule has 2 fully saturated rings. The number of nitrogens with zero attached hydrogens (tertiary/aromatic N) is 2. The standard InChI is InChI=1S/C17H19ClN2O2S/c18-13-4-14(6-19-5-13)21-10-12-11-22-17-9-20(8-16(12)17)7-15-2-1-3-23-15/h1-6,12,16-17H,7-11H2/t12-,16-,17+/m0/s1. The normalized spacial score (nSPS) is 27.3. The molecule has 2 aliphatic rings. The van der Waals surface area contributed by atoms with Gasteiger partial charge in [-0.1, -0.05) is 17.7 Å². The van der Waals surface area contributed by atoms with Gasteiger partial charge in [0.2, 0.25) is 0 Å². The molecular formula is C17H19ClN2O2S. The summed E-state index contributed by atoms with van der Waals surface area (Å²) in [6.45, 7) is 4.59. The van der Waals surface area contributed by atoms with Crippen LogP contribution in [0.4, 0.5) is 0 Å². The summed E-state index contributed by atoms with van der Waals surface area (Å²) in [6, 6.07) is 6.12. The number of hydrogen-bond donors (Lipinski definition) is 0. The van der Waals surface area contributed by atoms with Crippen LogP contribution in [0.25, 0.3) is 0 Å². The fourth-order valence-corrected chi connectivity index (χ4v) is 4.39. The monoisotopic (exact) mass is 350 g/mol. The van der Waals surface area contributed by atoms with Crippen LogP contribution in [-0.4, -0.2) is 42.3 Å². The molecule has 0 unspecified atom stereocenters. The largest absolute Gasteiger partial charge is 0.492 e. The third-order valence-corrected chi connectivity index (χ3v) is 5.69. The molecule has 6 heteroatoms. The van der Waals surface area contributed by atoms with Crippen LogP contribution in [0.15, 0.2) is 36.0 Å². The van der Waals surface area contributed by atoms with Crippen molar-refractivity contribution in [1.29, 1.82) is 0 Å². The van der Waals surface area contributed by atoms with Crippen molar-refractivity contribution < 1.29 is 9.47 Å². The lowest BCUT2D eigenvalue weighted by molar-refractivity contribution is 0.0899. The maximum Gasteiger partial charge on any atom is 0.139 e. The topological polar surface area (TPSA) is 34.6 Å². The van der Waals surface area contributed by atoms with Crippen LogP contribution in [0.5, 0.6) is 5.75 Å². The van der Waals surface area contributed by atoms with Crippen LogP contribution in [-0.2, 0) is 11.3 Å². The van der Waals surface area contributed by atoms with Gasteiger partial charge in [-0.2, -0.15) is 0 Å². The molecule has 0 N–H and O–H groups in total. The molecule has 0 saturated carbocycles. The summed E-state index contributed by atoms with van der Waals surface area (Å²) in [5.41, 5.74) is 0. The molecule has 0 aromatic carbocycles. The first-order valence-corrected chi connectivity index (χ1v) is 9.13. The van der Waals surface area contributed by atoms with Gasteiger partial charge in [-0.05, 0) is 11.4 Å². The molecule has 2 aromatic rings. The average Bonchev–Trinajstić information content (AvgIpc) is 3.24. The highest BCUT2D eigenvalue weighted by Gasteiger charge is 2.43. The number of likely N-dealkylation sites (tertiary alicyclic amines) is 1. The highest BCUT2D eigenvalue weighted by molar-refractivity contribution is 7.09. The molecule has 4 heterocycles. The molecule has 4 nitrogen and oxygen atoms in total.